The molecule has 6 amide bonds. The summed E-state index contributed by atoms with van der Waals surface area (Å²) < 4.78 is 271. The molecule has 0 atom stereocenters. The van der Waals surface area contributed by atoms with Crippen LogP contribution in [0.25, 0.3) is 0 Å². The van der Waals surface area contributed by atoms with Gasteiger partial charge in [0.25, 0.3) is 105 Å². The van der Waals surface area contributed by atoms with E-state index in [9.17, 15) is 128 Å². The van der Waals surface area contributed by atoms with E-state index in [1.165, 1.54) is 0 Å². The van der Waals surface area contributed by atoms with Gasteiger partial charge in [-0.1, -0.05) is 0 Å². The summed E-state index contributed by atoms with van der Waals surface area (Å²) in [6.45, 7) is 0. The quantitative estimate of drug-likeness (QED) is 0.0549. The number of benzene rings is 6. The lowest BCUT2D eigenvalue weighted by Gasteiger charge is -2.16. The minimum Gasteiger partial charge on any atom is -0.321 e. The van der Waals surface area contributed by atoms with Crippen molar-refractivity contribution in [2.24, 2.45) is 0 Å². The Hall–Kier alpha value is -8.25. The summed E-state index contributed by atoms with van der Waals surface area (Å²) in [4.78, 5) is 60.3. The van der Waals surface area contributed by atoms with Crippen LogP contribution in [0.3, 0.4) is 0 Å². The molecule has 43 heteroatoms. The Morgan fingerprint density at radius 1 is 0.250 bits per heavy atom. The highest BCUT2D eigenvalue weighted by Crippen LogP contribution is 2.32. The van der Waals surface area contributed by atoms with Gasteiger partial charge < -0.3 is 31.9 Å². The topological polar surface area (TPSA) is 592 Å². The fraction of sp³-hybridized carbons (Fsp3) is 0. The van der Waals surface area contributed by atoms with E-state index in [1.807, 2.05) is 31.9 Å². The molecule has 6 aromatic rings. The van der Waals surface area contributed by atoms with Crippen molar-refractivity contribution in [2.75, 3.05) is 31.9 Å². The first-order valence-electron chi connectivity index (χ1n) is 21.2. The zero-order chi connectivity index (χ0) is 63.2. The van der Waals surface area contributed by atoms with Crippen molar-refractivity contribution in [3.8, 4) is 0 Å². The van der Waals surface area contributed by atoms with Gasteiger partial charge >= 0.3 is 6.03 Å². The molecule has 0 heterocycles. The number of urea groups is 1. The van der Waals surface area contributed by atoms with E-state index in [0.29, 0.717) is 109 Å². The molecule has 0 saturated heterocycles. The van der Waals surface area contributed by atoms with Crippen LogP contribution in [0.2, 0.25) is 0 Å². The molecule has 35 nitrogen and oxygen atoms in total. The van der Waals surface area contributed by atoms with Crippen LogP contribution < -0.4 is 31.9 Å². The first-order valence-corrected chi connectivity index (χ1v) is 32.7. The highest BCUT2D eigenvalue weighted by Gasteiger charge is 2.28. The van der Waals surface area contributed by atoms with Gasteiger partial charge in [0, 0.05) is 33.6 Å². The van der Waals surface area contributed by atoms with E-state index in [4.69, 9.17) is 0 Å². The van der Waals surface area contributed by atoms with E-state index in [2.05, 4.69) is 0 Å². The summed E-state index contributed by atoms with van der Waals surface area (Å²) in [6, 6.07) is 6.96. The molecule has 0 spiro atoms. The standard InChI is InChI=1S/C41H32N6O29S8/c48-37(44-29-15-25(77(53,54)55)1-5-33(29)81(65,66)67)19-9-20(38(49)45-30-16-26(78(56,57)58)2-6-34(30)82(68,69)70)12-23(11-19)42-41(52)43-24-13-21(39(50)46-31-17-27(79(59,60)61)3-7-35(31)83(71,72)73)10-22(14-24)40(51)47-32-18-28(80(62,63)64)4-8-36(32)84(74,75)76/h1-18H,(H,44,48)(H,45,49)(H,46,50)(H,47,51)(H2,42,43,52)(H,53,54,55)(H,56,57,58)(H,59,60,61)(H,62,63,64)(H,65,66,67)(H,68,69,70)(H,71,72,73)(H,74,75,76). The zero-order valence-electron chi connectivity index (χ0n) is 40.3. The fourth-order valence-corrected chi connectivity index (χ4v) is 11.5. The highest BCUT2D eigenvalue weighted by molar-refractivity contribution is 7.88. The van der Waals surface area contributed by atoms with Crippen molar-refractivity contribution < 1.29 is 128 Å². The Morgan fingerprint density at radius 3 is 0.607 bits per heavy atom. The average Bonchev–Trinajstić information content (AvgIpc) is 1.56. The summed E-state index contributed by atoms with van der Waals surface area (Å²) in [5, 5.41) is 11.6. The highest BCUT2D eigenvalue weighted by atomic mass is 32.2. The van der Waals surface area contributed by atoms with Gasteiger partial charge in [-0.25, -0.2) is 4.79 Å². The van der Waals surface area contributed by atoms with Crippen molar-refractivity contribution in [1.29, 1.82) is 0 Å². The smallest absolute Gasteiger partial charge is 0.321 e. The molecule has 0 unspecified atom stereocenters. The summed E-state index contributed by atoms with van der Waals surface area (Å²) >= 11 is 0. The normalized spacial score (nSPS) is 12.6. The molecule has 0 radical (unpaired) electrons. The minimum absolute atomic E-state index is 0.329. The van der Waals surface area contributed by atoms with E-state index in [0.717, 1.165) is 0 Å². The first-order chi connectivity index (χ1) is 38.2. The third-order valence-corrected chi connectivity index (χ3v) is 17.6. The van der Waals surface area contributed by atoms with Crippen LogP contribution >= 0.6 is 0 Å². The van der Waals surface area contributed by atoms with Gasteiger partial charge in [0.2, 0.25) is 0 Å². The maximum Gasteiger partial charge on any atom is 0.323 e. The van der Waals surface area contributed by atoms with Crippen molar-refractivity contribution >= 4 is 145 Å². The number of amides is 6. The largest absolute Gasteiger partial charge is 0.323 e. The van der Waals surface area contributed by atoms with Gasteiger partial charge in [-0.3, -0.25) is 55.6 Å². The average molecular weight is 1330 g/mol. The number of hydrogen-bond donors (Lipinski definition) is 14. The lowest BCUT2D eigenvalue weighted by Crippen LogP contribution is -2.23. The van der Waals surface area contributed by atoms with Gasteiger partial charge in [-0.05, 0) is 109 Å². The Balaban J connectivity index is 1.49. The Kier molecular flexibility index (Phi) is 17.8. The molecule has 6 rings (SSSR count). The third-order valence-electron chi connectivity index (χ3n) is 10.5. The molecule has 0 bridgehead atoms. The van der Waals surface area contributed by atoms with Gasteiger partial charge in [-0.15, -0.1) is 0 Å². The molecule has 84 heavy (non-hydrogen) atoms. The second-order valence-corrected chi connectivity index (χ2v) is 27.7. The Morgan fingerprint density at radius 2 is 0.440 bits per heavy atom. The summed E-state index contributed by atoms with van der Waals surface area (Å²) in [5.41, 5.74) is -9.47. The van der Waals surface area contributed by atoms with E-state index in [-0.39, 0.29) is 0 Å². The van der Waals surface area contributed by atoms with Crippen LogP contribution in [0.15, 0.2) is 148 Å². The molecular weight excluding hydrogens is 1300 g/mol. The van der Waals surface area contributed by atoms with Crippen LogP contribution in [-0.2, 0) is 80.9 Å². The predicted molar refractivity (Wildman–Crippen MR) is 282 cm³/mol. The van der Waals surface area contributed by atoms with Crippen LogP contribution in [-0.4, -0.2) is 133 Å². The van der Waals surface area contributed by atoms with Gasteiger partial charge in [0.1, 0.15) is 19.6 Å². The molecule has 6 aromatic carbocycles. The molecular formula is C41H32N6O29S8. The molecule has 0 fully saturated rings. The van der Waals surface area contributed by atoms with Crippen molar-refractivity contribution in [2.45, 2.75) is 39.2 Å². The summed E-state index contributed by atoms with van der Waals surface area (Å²) in [5.74, 6) is -6.37. The zero-order valence-corrected chi connectivity index (χ0v) is 46.8. The van der Waals surface area contributed by atoms with Crippen molar-refractivity contribution in [3.05, 3.63) is 131 Å². The van der Waals surface area contributed by atoms with Crippen LogP contribution in [0, 0.1) is 0 Å². The molecule has 0 aliphatic heterocycles. The predicted octanol–water partition coefficient (Wildman–Crippen LogP) is 2.31. The van der Waals surface area contributed by atoms with E-state index < -0.39 is 206 Å². The maximum atomic E-state index is 13.9. The van der Waals surface area contributed by atoms with Gasteiger partial charge in [0.05, 0.1) is 42.3 Å². The molecule has 0 saturated carbocycles. The van der Waals surface area contributed by atoms with Crippen molar-refractivity contribution in [3.63, 3.8) is 0 Å². The third kappa shape index (κ3) is 16.1. The molecule has 0 aromatic heterocycles. The fourth-order valence-electron chi connectivity index (χ4n) is 6.96. The molecule has 448 valence electrons. The van der Waals surface area contributed by atoms with E-state index in [1.54, 1.807) is 0 Å². The maximum absolute atomic E-state index is 13.9. The monoisotopic (exact) mass is 1330 g/mol. The Bertz CT molecular complexity index is 4240. The number of rotatable bonds is 18. The number of carbonyl (C=O) groups is 5. The van der Waals surface area contributed by atoms with Gasteiger partial charge in [0.15, 0.2) is 0 Å². The SMILES string of the molecule is O=C(Nc1cc(C(=O)Nc2cc(S(=O)(=O)O)ccc2S(=O)(=O)O)cc(C(=O)Nc2cc(S(=O)(=O)O)ccc2S(=O)(=O)O)c1)Nc1cc(C(=O)Nc2cc(S(=O)(=O)O)ccc2S(=O)(=O)O)cc(C(=O)Nc2cc(S(=O)(=O)O)ccc2S(=O)(=O)O)c1. The number of hydrogen-bond acceptors (Lipinski definition) is 21. The second-order valence-electron chi connectivity index (χ2n) is 16.4. The van der Waals surface area contributed by atoms with Gasteiger partial charge in [-0.2, -0.15) is 67.3 Å². The molecule has 0 aliphatic rings. The number of carbonyl (C=O) groups excluding carboxylic acids is 5. The summed E-state index contributed by atoms with van der Waals surface area (Å²) in [7, 11) is -42.3. The van der Waals surface area contributed by atoms with Crippen molar-refractivity contribution in [1.82, 2.24) is 0 Å². The molecule has 14 N–H and O–H groups in total. The summed E-state index contributed by atoms with van der Waals surface area (Å²) in [6.07, 6.45) is 0. The molecule has 0 aliphatic carbocycles. The number of anilines is 6. The van der Waals surface area contributed by atoms with Crippen LogP contribution in [0.5, 0.6) is 0 Å². The second kappa shape index (κ2) is 23.1. The van der Waals surface area contributed by atoms with Crippen LogP contribution in [0.1, 0.15) is 41.4 Å². The van der Waals surface area contributed by atoms with E-state index >= 15 is 0 Å². The minimum atomic E-state index is -5.37. The number of nitrogens with one attached hydrogen (secondary N) is 6. The lowest BCUT2D eigenvalue weighted by atomic mass is 10.1. The van der Waals surface area contributed by atoms with Crippen LogP contribution in [0.4, 0.5) is 38.9 Å². The lowest BCUT2D eigenvalue weighted by molar-refractivity contribution is 0.101. The Labute approximate surface area is 472 Å². The first kappa shape index (κ1) is 64.9.